The van der Waals surface area contributed by atoms with Crippen LogP contribution in [0.1, 0.15) is 36.1 Å². The lowest BCUT2D eigenvalue weighted by molar-refractivity contribution is -0.113. The van der Waals surface area contributed by atoms with E-state index in [9.17, 15) is 14.0 Å². The van der Waals surface area contributed by atoms with E-state index in [2.05, 4.69) is 20.8 Å². The summed E-state index contributed by atoms with van der Waals surface area (Å²) in [7, 11) is 1.81. The van der Waals surface area contributed by atoms with E-state index in [-0.39, 0.29) is 35.3 Å². The van der Waals surface area contributed by atoms with Crippen LogP contribution >= 0.6 is 11.8 Å². The van der Waals surface area contributed by atoms with Crippen molar-refractivity contribution in [3.8, 4) is 0 Å². The van der Waals surface area contributed by atoms with Crippen LogP contribution in [0, 0.1) is 11.7 Å². The highest BCUT2D eigenvalue weighted by molar-refractivity contribution is 7.99. The predicted octanol–water partition coefficient (Wildman–Crippen LogP) is 3.81. The number of rotatable bonds is 8. The zero-order valence-corrected chi connectivity index (χ0v) is 18.3. The second-order valence-corrected chi connectivity index (χ2v) is 8.25. The minimum Gasteiger partial charge on any atom is -0.342 e. The number of hydrogen-bond donors (Lipinski definition) is 2. The van der Waals surface area contributed by atoms with Crippen LogP contribution in [0.15, 0.2) is 59.8 Å². The summed E-state index contributed by atoms with van der Waals surface area (Å²) >= 11 is 1.23. The van der Waals surface area contributed by atoms with Crippen LogP contribution in [0.4, 0.5) is 10.1 Å². The van der Waals surface area contributed by atoms with E-state index in [1.807, 2.05) is 32.0 Å². The minimum absolute atomic E-state index is 0.0789. The Labute approximate surface area is 184 Å². The molecule has 0 fully saturated rings. The van der Waals surface area contributed by atoms with Gasteiger partial charge in [-0.1, -0.05) is 43.8 Å². The molecule has 3 aromatic rings. The quantitative estimate of drug-likeness (QED) is 0.519. The number of benzene rings is 2. The molecule has 0 saturated carbocycles. The van der Waals surface area contributed by atoms with Gasteiger partial charge in [0.05, 0.1) is 11.8 Å². The third-order valence-electron chi connectivity index (χ3n) is 4.60. The summed E-state index contributed by atoms with van der Waals surface area (Å²) in [4.78, 5) is 24.8. The number of nitrogens with one attached hydrogen (secondary N) is 2. The molecule has 9 heteroatoms. The monoisotopic (exact) mass is 441 g/mol. The van der Waals surface area contributed by atoms with E-state index in [1.165, 1.54) is 36.0 Å². The van der Waals surface area contributed by atoms with E-state index in [0.29, 0.717) is 22.2 Å². The second kappa shape index (κ2) is 10.2. The number of hydrogen-bond acceptors (Lipinski definition) is 5. The van der Waals surface area contributed by atoms with Crippen molar-refractivity contribution >= 4 is 29.3 Å². The first-order valence-corrected chi connectivity index (χ1v) is 10.8. The first-order valence-electron chi connectivity index (χ1n) is 9.78. The topological polar surface area (TPSA) is 88.9 Å². The zero-order valence-electron chi connectivity index (χ0n) is 17.5. The molecule has 162 valence electrons. The normalized spacial score (nSPS) is 11.9. The third kappa shape index (κ3) is 5.91. The summed E-state index contributed by atoms with van der Waals surface area (Å²) in [5, 5.41) is 14.7. The Balaban J connectivity index is 1.64. The fraction of sp³-hybridized carbons (Fsp3) is 0.273. The van der Waals surface area contributed by atoms with Crippen LogP contribution in [0.3, 0.4) is 0 Å². The van der Waals surface area contributed by atoms with Gasteiger partial charge in [-0.3, -0.25) is 9.59 Å². The van der Waals surface area contributed by atoms with Crippen molar-refractivity contribution in [3.05, 3.63) is 71.8 Å². The van der Waals surface area contributed by atoms with E-state index in [4.69, 9.17) is 0 Å². The largest absolute Gasteiger partial charge is 0.342 e. The SMILES string of the molecule is CC(C)[C@@H](NC(=O)c1ccccc1)c1nnc(SCC(=O)Nc2ccc(F)cc2)n1C. The summed E-state index contributed by atoms with van der Waals surface area (Å²) in [5.74, 6) is 0.0228. The predicted molar refractivity (Wildman–Crippen MR) is 118 cm³/mol. The van der Waals surface area contributed by atoms with Crippen molar-refractivity contribution < 1.29 is 14.0 Å². The van der Waals surface area contributed by atoms with Gasteiger partial charge < -0.3 is 15.2 Å². The average Bonchev–Trinajstić information content (AvgIpc) is 3.12. The van der Waals surface area contributed by atoms with E-state index < -0.39 is 0 Å². The smallest absolute Gasteiger partial charge is 0.251 e. The van der Waals surface area contributed by atoms with Crippen molar-refractivity contribution in [3.63, 3.8) is 0 Å². The summed E-state index contributed by atoms with van der Waals surface area (Å²) < 4.78 is 14.8. The first-order chi connectivity index (χ1) is 14.8. The van der Waals surface area contributed by atoms with Gasteiger partial charge in [-0.05, 0) is 42.3 Å². The van der Waals surface area contributed by atoms with Gasteiger partial charge in [0.2, 0.25) is 5.91 Å². The number of anilines is 1. The molecular formula is C22H24FN5O2S. The number of carbonyl (C=O) groups is 2. The molecule has 0 bridgehead atoms. The van der Waals surface area contributed by atoms with Crippen LogP contribution < -0.4 is 10.6 Å². The fourth-order valence-electron chi connectivity index (χ4n) is 2.93. The van der Waals surface area contributed by atoms with Gasteiger partial charge in [0.25, 0.3) is 5.91 Å². The van der Waals surface area contributed by atoms with Gasteiger partial charge in [0.1, 0.15) is 5.82 Å². The highest BCUT2D eigenvalue weighted by Crippen LogP contribution is 2.24. The molecule has 0 spiro atoms. The number of aromatic nitrogens is 3. The van der Waals surface area contributed by atoms with Crippen molar-refractivity contribution in [1.82, 2.24) is 20.1 Å². The standard InChI is InChI=1S/C22H24FN5O2S/c1-14(2)19(25-21(30)15-7-5-4-6-8-15)20-26-27-22(28(20)3)31-13-18(29)24-17-11-9-16(23)10-12-17/h4-12,14,19H,13H2,1-3H3,(H,24,29)(H,25,30)/t19-/m1/s1. The Morgan fingerprint density at radius 2 is 1.74 bits per heavy atom. The molecule has 1 heterocycles. The van der Waals surface area contributed by atoms with Crippen molar-refractivity contribution in [2.45, 2.75) is 25.0 Å². The molecule has 0 radical (unpaired) electrons. The Morgan fingerprint density at radius 1 is 1.06 bits per heavy atom. The molecule has 0 aliphatic carbocycles. The Bertz CT molecular complexity index is 1040. The van der Waals surface area contributed by atoms with Crippen LogP contribution in [-0.4, -0.2) is 32.3 Å². The number of nitrogens with zero attached hydrogens (tertiary/aromatic N) is 3. The molecule has 0 saturated heterocycles. The maximum absolute atomic E-state index is 13.0. The third-order valence-corrected chi connectivity index (χ3v) is 5.62. The molecule has 2 amide bonds. The van der Waals surface area contributed by atoms with Gasteiger partial charge in [-0.25, -0.2) is 4.39 Å². The van der Waals surface area contributed by atoms with Crippen LogP contribution in [-0.2, 0) is 11.8 Å². The van der Waals surface area contributed by atoms with Crippen LogP contribution in [0.2, 0.25) is 0 Å². The molecule has 31 heavy (non-hydrogen) atoms. The molecule has 0 aliphatic rings. The number of carbonyl (C=O) groups excluding carboxylic acids is 2. The van der Waals surface area contributed by atoms with Crippen molar-refractivity contribution in [1.29, 1.82) is 0 Å². The highest BCUT2D eigenvalue weighted by atomic mass is 32.2. The van der Waals surface area contributed by atoms with Gasteiger partial charge in [-0.2, -0.15) is 0 Å². The molecule has 3 rings (SSSR count). The summed E-state index contributed by atoms with van der Waals surface area (Å²) in [6.45, 7) is 3.99. The van der Waals surface area contributed by atoms with Crippen molar-refractivity contribution in [2.24, 2.45) is 13.0 Å². The van der Waals surface area contributed by atoms with Gasteiger partial charge in [0.15, 0.2) is 11.0 Å². The van der Waals surface area contributed by atoms with Gasteiger partial charge >= 0.3 is 0 Å². The molecule has 0 unspecified atom stereocenters. The van der Waals surface area contributed by atoms with E-state index >= 15 is 0 Å². The molecule has 1 aromatic heterocycles. The molecule has 7 nitrogen and oxygen atoms in total. The summed E-state index contributed by atoms with van der Waals surface area (Å²) in [6.07, 6.45) is 0. The first kappa shape index (κ1) is 22.5. The summed E-state index contributed by atoms with van der Waals surface area (Å²) in [6, 6.07) is 14.2. The summed E-state index contributed by atoms with van der Waals surface area (Å²) in [5.41, 5.74) is 1.09. The van der Waals surface area contributed by atoms with E-state index in [0.717, 1.165) is 0 Å². The van der Waals surface area contributed by atoms with Crippen LogP contribution in [0.25, 0.3) is 0 Å². The fourth-order valence-corrected chi connectivity index (χ4v) is 3.64. The molecule has 2 aromatic carbocycles. The van der Waals surface area contributed by atoms with E-state index in [1.54, 1.807) is 23.7 Å². The maximum Gasteiger partial charge on any atom is 0.251 e. The Morgan fingerprint density at radius 3 is 2.39 bits per heavy atom. The second-order valence-electron chi connectivity index (χ2n) is 7.30. The number of thioether (sulfide) groups is 1. The number of amides is 2. The lowest BCUT2D eigenvalue weighted by Crippen LogP contribution is -2.33. The average molecular weight is 442 g/mol. The molecule has 1 atom stereocenters. The van der Waals surface area contributed by atoms with Gasteiger partial charge in [-0.15, -0.1) is 10.2 Å². The lowest BCUT2D eigenvalue weighted by atomic mass is 10.0. The Hall–Kier alpha value is -3.20. The highest BCUT2D eigenvalue weighted by Gasteiger charge is 2.25. The van der Waals surface area contributed by atoms with Gasteiger partial charge in [0, 0.05) is 18.3 Å². The van der Waals surface area contributed by atoms with Crippen LogP contribution in [0.5, 0.6) is 0 Å². The minimum atomic E-state index is -0.363. The van der Waals surface area contributed by atoms with Crippen molar-refractivity contribution in [2.75, 3.05) is 11.1 Å². The Kier molecular flexibility index (Phi) is 7.41. The lowest BCUT2D eigenvalue weighted by Gasteiger charge is -2.21. The maximum atomic E-state index is 13.0. The molecule has 0 aliphatic heterocycles. The molecule has 2 N–H and O–H groups in total. The number of halogens is 1. The zero-order chi connectivity index (χ0) is 22.4. The molecular weight excluding hydrogens is 417 g/mol.